The predicted molar refractivity (Wildman–Crippen MR) is 88.0 cm³/mol. The minimum Gasteiger partial charge on any atom is -0.359 e. The molecule has 0 bridgehead atoms. The molecule has 0 saturated heterocycles. The van der Waals surface area contributed by atoms with Gasteiger partial charge in [-0.2, -0.15) is 0 Å². The van der Waals surface area contributed by atoms with E-state index in [9.17, 15) is 9.59 Å². The standard InChI is InChI=1S/C17H25N3O2/c1-4-18-17(22)19-16(21)11-20-14(12(2)3)10-9-13-7-5-6-8-15(13)20/h5-8,12,14H,4,9-11H2,1-3H3,(H2,18,19,21,22). The highest BCUT2D eigenvalue weighted by Gasteiger charge is 2.29. The summed E-state index contributed by atoms with van der Waals surface area (Å²) < 4.78 is 0. The number of nitrogens with zero attached hydrogens (tertiary/aromatic N) is 1. The first-order valence-corrected chi connectivity index (χ1v) is 7.95. The van der Waals surface area contributed by atoms with Crippen LogP contribution in [0.4, 0.5) is 10.5 Å². The Morgan fingerprint density at radius 1 is 1.32 bits per heavy atom. The van der Waals surface area contributed by atoms with Crippen molar-refractivity contribution in [3.05, 3.63) is 29.8 Å². The first kappa shape index (κ1) is 16.3. The van der Waals surface area contributed by atoms with Crippen LogP contribution in [0.5, 0.6) is 0 Å². The fraction of sp³-hybridized carbons (Fsp3) is 0.529. The molecule has 0 aliphatic carbocycles. The molecule has 1 atom stereocenters. The van der Waals surface area contributed by atoms with Crippen LogP contribution in [0.3, 0.4) is 0 Å². The lowest BCUT2D eigenvalue weighted by molar-refractivity contribution is -0.118. The van der Waals surface area contributed by atoms with Gasteiger partial charge in [0.2, 0.25) is 5.91 Å². The lowest BCUT2D eigenvalue weighted by Gasteiger charge is -2.40. The van der Waals surface area contributed by atoms with E-state index in [0.29, 0.717) is 18.5 Å². The Balaban J connectivity index is 2.14. The molecular formula is C17H25N3O2. The van der Waals surface area contributed by atoms with Gasteiger partial charge in [0.05, 0.1) is 6.54 Å². The van der Waals surface area contributed by atoms with Gasteiger partial charge in [0.1, 0.15) is 0 Å². The highest BCUT2D eigenvalue weighted by atomic mass is 16.2. The number of amides is 3. The van der Waals surface area contributed by atoms with Crippen LogP contribution in [0.2, 0.25) is 0 Å². The molecule has 1 unspecified atom stereocenters. The number of benzene rings is 1. The Bertz CT molecular complexity index is 542. The minimum absolute atomic E-state index is 0.205. The van der Waals surface area contributed by atoms with Crippen LogP contribution in [0.25, 0.3) is 0 Å². The molecule has 0 fully saturated rings. The molecular weight excluding hydrogens is 278 g/mol. The molecule has 3 amide bonds. The summed E-state index contributed by atoms with van der Waals surface area (Å²) in [5.74, 6) is 0.180. The van der Waals surface area contributed by atoms with E-state index in [4.69, 9.17) is 0 Å². The Labute approximate surface area is 132 Å². The van der Waals surface area contributed by atoms with Gasteiger partial charge in [-0.25, -0.2) is 4.79 Å². The molecule has 1 aliphatic heterocycles. The van der Waals surface area contributed by atoms with Crippen molar-refractivity contribution in [3.63, 3.8) is 0 Å². The van der Waals surface area contributed by atoms with E-state index >= 15 is 0 Å². The molecule has 5 heteroatoms. The maximum atomic E-state index is 12.2. The highest BCUT2D eigenvalue weighted by Crippen LogP contribution is 2.33. The second-order valence-corrected chi connectivity index (χ2v) is 6.01. The third kappa shape index (κ3) is 3.78. The van der Waals surface area contributed by atoms with E-state index in [1.807, 2.05) is 19.1 Å². The van der Waals surface area contributed by atoms with Gasteiger partial charge in [0.15, 0.2) is 0 Å². The highest BCUT2D eigenvalue weighted by molar-refractivity contribution is 5.96. The number of imide groups is 1. The smallest absolute Gasteiger partial charge is 0.321 e. The summed E-state index contributed by atoms with van der Waals surface area (Å²) in [6.45, 7) is 6.87. The summed E-state index contributed by atoms with van der Waals surface area (Å²) in [6, 6.07) is 8.08. The average molecular weight is 303 g/mol. The third-order valence-corrected chi connectivity index (χ3v) is 4.08. The Morgan fingerprint density at radius 3 is 2.73 bits per heavy atom. The zero-order valence-electron chi connectivity index (χ0n) is 13.6. The van der Waals surface area contributed by atoms with Crippen molar-refractivity contribution < 1.29 is 9.59 Å². The fourth-order valence-electron chi connectivity index (χ4n) is 3.06. The summed E-state index contributed by atoms with van der Waals surface area (Å²) in [5.41, 5.74) is 2.38. The molecule has 22 heavy (non-hydrogen) atoms. The summed E-state index contributed by atoms with van der Waals surface area (Å²) in [7, 11) is 0. The lowest BCUT2D eigenvalue weighted by atomic mass is 9.89. The van der Waals surface area contributed by atoms with Crippen LogP contribution in [-0.2, 0) is 11.2 Å². The third-order valence-electron chi connectivity index (χ3n) is 4.08. The number of urea groups is 1. The Hall–Kier alpha value is -2.04. The van der Waals surface area contributed by atoms with Crippen LogP contribution >= 0.6 is 0 Å². The Morgan fingerprint density at radius 2 is 2.05 bits per heavy atom. The number of anilines is 1. The van der Waals surface area contributed by atoms with Gasteiger partial charge in [-0.15, -0.1) is 0 Å². The van der Waals surface area contributed by atoms with Crippen molar-refractivity contribution in [2.75, 3.05) is 18.0 Å². The average Bonchev–Trinajstić information content (AvgIpc) is 2.47. The molecule has 0 radical (unpaired) electrons. The molecule has 0 spiro atoms. The monoisotopic (exact) mass is 303 g/mol. The number of carbonyl (C=O) groups excluding carboxylic acids is 2. The van der Waals surface area contributed by atoms with Crippen molar-refractivity contribution in [2.45, 2.75) is 39.7 Å². The molecule has 0 aromatic heterocycles. The number of carbonyl (C=O) groups is 2. The first-order valence-electron chi connectivity index (χ1n) is 7.95. The van der Waals surface area contributed by atoms with Gasteiger partial charge in [-0.1, -0.05) is 32.0 Å². The number of hydrogen-bond donors (Lipinski definition) is 2. The predicted octanol–water partition coefficient (Wildman–Crippen LogP) is 2.31. The van der Waals surface area contributed by atoms with Crippen molar-refractivity contribution in [3.8, 4) is 0 Å². The SMILES string of the molecule is CCNC(=O)NC(=O)CN1c2ccccc2CCC1C(C)C. The zero-order valence-corrected chi connectivity index (χ0v) is 13.6. The number of hydrogen-bond acceptors (Lipinski definition) is 3. The van der Waals surface area contributed by atoms with Gasteiger partial charge in [0.25, 0.3) is 0 Å². The molecule has 1 aromatic carbocycles. The largest absolute Gasteiger partial charge is 0.359 e. The molecule has 1 aliphatic rings. The second-order valence-electron chi connectivity index (χ2n) is 6.01. The van der Waals surface area contributed by atoms with E-state index in [2.05, 4.69) is 41.5 Å². The zero-order chi connectivity index (χ0) is 16.1. The maximum absolute atomic E-state index is 12.2. The second kappa shape index (κ2) is 7.29. The number of rotatable bonds is 4. The first-order chi connectivity index (χ1) is 10.5. The molecule has 2 rings (SSSR count). The molecule has 5 nitrogen and oxygen atoms in total. The maximum Gasteiger partial charge on any atom is 0.321 e. The van der Waals surface area contributed by atoms with E-state index in [1.165, 1.54) is 5.56 Å². The lowest BCUT2D eigenvalue weighted by Crippen LogP contribution is -2.50. The number of aryl methyl sites for hydroxylation is 1. The minimum atomic E-state index is -0.432. The van der Waals surface area contributed by atoms with Gasteiger partial charge in [0, 0.05) is 18.3 Å². The van der Waals surface area contributed by atoms with E-state index < -0.39 is 6.03 Å². The molecule has 1 aromatic rings. The van der Waals surface area contributed by atoms with Crippen LogP contribution in [0, 0.1) is 5.92 Å². The van der Waals surface area contributed by atoms with Crippen LogP contribution in [-0.4, -0.2) is 31.1 Å². The van der Waals surface area contributed by atoms with Crippen LogP contribution < -0.4 is 15.5 Å². The van der Waals surface area contributed by atoms with Crippen molar-refractivity contribution in [1.82, 2.24) is 10.6 Å². The summed E-state index contributed by atoms with van der Waals surface area (Å²) in [5, 5.41) is 4.97. The van der Waals surface area contributed by atoms with Gasteiger partial charge < -0.3 is 10.2 Å². The number of para-hydroxylation sites is 1. The van der Waals surface area contributed by atoms with Gasteiger partial charge in [-0.05, 0) is 37.3 Å². The van der Waals surface area contributed by atoms with Crippen molar-refractivity contribution in [1.29, 1.82) is 0 Å². The summed E-state index contributed by atoms with van der Waals surface area (Å²) in [6.07, 6.45) is 2.07. The number of nitrogens with one attached hydrogen (secondary N) is 2. The molecule has 2 N–H and O–H groups in total. The van der Waals surface area contributed by atoms with Crippen molar-refractivity contribution >= 4 is 17.6 Å². The van der Waals surface area contributed by atoms with Gasteiger partial charge in [-0.3, -0.25) is 10.1 Å². The van der Waals surface area contributed by atoms with E-state index in [0.717, 1.165) is 18.5 Å². The summed E-state index contributed by atoms with van der Waals surface area (Å²) in [4.78, 5) is 25.8. The number of fused-ring (bicyclic) bond motifs is 1. The van der Waals surface area contributed by atoms with Crippen LogP contribution in [0.15, 0.2) is 24.3 Å². The fourth-order valence-corrected chi connectivity index (χ4v) is 3.06. The van der Waals surface area contributed by atoms with Gasteiger partial charge >= 0.3 is 6.03 Å². The molecule has 120 valence electrons. The van der Waals surface area contributed by atoms with E-state index in [-0.39, 0.29) is 12.5 Å². The van der Waals surface area contributed by atoms with Crippen molar-refractivity contribution in [2.24, 2.45) is 5.92 Å². The van der Waals surface area contributed by atoms with E-state index in [1.54, 1.807) is 0 Å². The summed E-state index contributed by atoms with van der Waals surface area (Å²) >= 11 is 0. The quantitative estimate of drug-likeness (QED) is 0.897. The Kier molecular flexibility index (Phi) is 5.41. The normalized spacial score (nSPS) is 17.1. The van der Waals surface area contributed by atoms with Crippen LogP contribution in [0.1, 0.15) is 32.8 Å². The topological polar surface area (TPSA) is 61.4 Å². The molecule has 0 saturated carbocycles. The molecule has 1 heterocycles.